The normalized spacial score (nSPS) is 10.7. The third kappa shape index (κ3) is 4.56. The van der Waals surface area contributed by atoms with Crippen LogP contribution in [0.5, 0.6) is 0 Å². The average Bonchev–Trinajstić information content (AvgIpc) is 3.19. The molecule has 0 aliphatic rings. The van der Waals surface area contributed by atoms with E-state index >= 15 is 0 Å². The fourth-order valence-electron chi connectivity index (χ4n) is 2.54. The Labute approximate surface area is 163 Å². The first kappa shape index (κ1) is 19.1. The number of benzene rings is 1. The zero-order valence-electron chi connectivity index (χ0n) is 14.4. The highest BCUT2D eigenvalue weighted by Crippen LogP contribution is 2.26. The van der Waals surface area contributed by atoms with Gasteiger partial charge in [-0.3, -0.25) is 9.59 Å². The molecule has 8 heteroatoms. The Morgan fingerprint density at radius 1 is 1.26 bits per heavy atom. The van der Waals surface area contributed by atoms with Gasteiger partial charge in [-0.2, -0.15) is 0 Å². The maximum absolute atomic E-state index is 11.9. The molecule has 1 N–H and O–H groups in total. The zero-order valence-corrected chi connectivity index (χ0v) is 16.0. The van der Waals surface area contributed by atoms with Crippen LogP contribution in [0.25, 0.3) is 11.0 Å². The zero-order chi connectivity index (χ0) is 19.4. The van der Waals surface area contributed by atoms with Crippen molar-refractivity contribution in [3.63, 3.8) is 0 Å². The van der Waals surface area contributed by atoms with Crippen LogP contribution in [-0.4, -0.2) is 18.4 Å². The predicted octanol–water partition coefficient (Wildman–Crippen LogP) is 3.54. The van der Waals surface area contributed by atoms with Gasteiger partial charge in [-0.1, -0.05) is 24.6 Å². The number of amides is 1. The maximum atomic E-state index is 11.9. The first-order valence-corrected chi connectivity index (χ1v) is 9.46. The molecule has 140 valence electrons. The SMILES string of the molecule is CCc1cc2oc(=O)cc(COC(=O)CNC(=O)c3cccs3)c2cc1Cl. The van der Waals surface area contributed by atoms with Crippen molar-refractivity contribution in [2.24, 2.45) is 0 Å². The molecule has 0 aliphatic heterocycles. The summed E-state index contributed by atoms with van der Waals surface area (Å²) in [6, 6.07) is 8.09. The third-order valence-electron chi connectivity index (χ3n) is 3.91. The Kier molecular flexibility index (Phi) is 5.93. The van der Waals surface area contributed by atoms with Gasteiger partial charge in [0.05, 0.1) is 4.88 Å². The molecule has 1 amide bonds. The lowest BCUT2D eigenvalue weighted by Gasteiger charge is -2.09. The lowest BCUT2D eigenvalue weighted by Crippen LogP contribution is -2.30. The number of nitrogens with one attached hydrogen (secondary N) is 1. The highest BCUT2D eigenvalue weighted by atomic mass is 35.5. The van der Waals surface area contributed by atoms with Crippen LogP contribution in [0.3, 0.4) is 0 Å². The molecule has 0 radical (unpaired) electrons. The summed E-state index contributed by atoms with van der Waals surface area (Å²) in [5.41, 5.74) is 1.20. The lowest BCUT2D eigenvalue weighted by atomic mass is 10.1. The Bertz CT molecular complexity index is 1040. The minimum absolute atomic E-state index is 0.127. The van der Waals surface area contributed by atoms with E-state index in [1.165, 1.54) is 17.4 Å². The van der Waals surface area contributed by atoms with Gasteiger partial charge in [-0.25, -0.2) is 4.79 Å². The van der Waals surface area contributed by atoms with Crippen LogP contribution in [0.2, 0.25) is 5.02 Å². The first-order chi connectivity index (χ1) is 13.0. The Morgan fingerprint density at radius 3 is 2.78 bits per heavy atom. The van der Waals surface area contributed by atoms with Gasteiger partial charge in [-0.15, -0.1) is 11.3 Å². The van der Waals surface area contributed by atoms with Gasteiger partial charge in [0.25, 0.3) is 5.91 Å². The molecule has 6 nitrogen and oxygen atoms in total. The monoisotopic (exact) mass is 405 g/mol. The molecule has 2 aromatic heterocycles. The second-order valence-corrected chi connectivity index (χ2v) is 7.06. The number of esters is 1. The van der Waals surface area contributed by atoms with Gasteiger partial charge < -0.3 is 14.5 Å². The van der Waals surface area contributed by atoms with E-state index in [0.29, 0.717) is 32.9 Å². The van der Waals surface area contributed by atoms with Crippen LogP contribution >= 0.6 is 22.9 Å². The van der Waals surface area contributed by atoms with Crippen molar-refractivity contribution >= 4 is 45.8 Å². The summed E-state index contributed by atoms with van der Waals surface area (Å²) in [4.78, 5) is 36.0. The van der Waals surface area contributed by atoms with Crippen LogP contribution in [0.1, 0.15) is 27.7 Å². The Balaban J connectivity index is 1.69. The van der Waals surface area contributed by atoms with Crippen molar-refractivity contribution in [1.82, 2.24) is 5.32 Å². The smallest absolute Gasteiger partial charge is 0.336 e. The second-order valence-electron chi connectivity index (χ2n) is 5.70. The largest absolute Gasteiger partial charge is 0.459 e. The molecule has 3 rings (SSSR count). The first-order valence-electron chi connectivity index (χ1n) is 8.20. The summed E-state index contributed by atoms with van der Waals surface area (Å²) in [5, 5.41) is 5.42. The summed E-state index contributed by atoms with van der Waals surface area (Å²) < 4.78 is 10.4. The number of halogens is 1. The molecule has 27 heavy (non-hydrogen) atoms. The molecular formula is C19H16ClNO5S. The van der Waals surface area contributed by atoms with Gasteiger partial charge in [0.15, 0.2) is 0 Å². The Morgan fingerprint density at radius 2 is 2.07 bits per heavy atom. The molecule has 0 unspecified atom stereocenters. The van der Waals surface area contributed by atoms with E-state index in [1.807, 2.05) is 6.92 Å². The van der Waals surface area contributed by atoms with Crippen molar-refractivity contribution in [2.45, 2.75) is 20.0 Å². The lowest BCUT2D eigenvalue weighted by molar-refractivity contribution is -0.143. The number of carbonyl (C=O) groups is 2. The van der Waals surface area contributed by atoms with Gasteiger partial charge in [0.1, 0.15) is 18.7 Å². The van der Waals surface area contributed by atoms with E-state index in [2.05, 4.69) is 5.32 Å². The topological polar surface area (TPSA) is 85.6 Å². The minimum atomic E-state index is -0.613. The second kappa shape index (κ2) is 8.37. The summed E-state index contributed by atoms with van der Waals surface area (Å²) in [6.45, 7) is 1.55. The molecule has 0 aliphatic carbocycles. The van der Waals surface area contributed by atoms with Crippen LogP contribution in [0.15, 0.2) is 44.9 Å². The number of thiophene rings is 1. The maximum Gasteiger partial charge on any atom is 0.336 e. The summed E-state index contributed by atoms with van der Waals surface area (Å²) >= 11 is 7.52. The van der Waals surface area contributed by atoms with Crippen LogP contribution in [0, 0.1) is 0 Å². The van der Waals surface area contributed by atoms with Gasteiger partial charge in [0, 0.05) is 22.0 Å². The molecule has 2 heterocycles. The van der Waals surface area contributed by atoms with E-state index in [9.17, 15) is 14.4 Å². The molecule has 1 aromatic carbocycles. The molecule has 0 saturated heterocycles. The molecule has 0 bridgehead atoms. The number of fused-ring (bicyclic) bond motifs is 1. The number of aryl methyl sites for hydroxylation is 1. The van der Waals surface area contributed by atoms with Crippen molar-refractivity contribution in [3.05, 3.63) is 67.2 Å². The van der Waals surface area contributed by atoms with E-state index < -0.39 is 11.6 Å². The molecule has 0 saturated carbocycles. The molecule has 0 atom stereocenters. The average molecular weight is 406 g/mol. The third-order valence-corrected chi connectivity index (χ3v) is 5.13. The summed E-state index contributed by atoms with van der Waals surface area (Å²) in [6.07, 6.45) is 0.696. The fourth-order valence-corrected chi connectivity index (χ4v) is 3.47. The number of carbonyl (C=O) groups excluding carboxylic acids is 2. The van der Waals surface area contributed by atoms with Crippen molar-refractivity contribution < 1.29 is 18.7 Å². The van der Waals surface area contributed by atoms with Crippen LogP contribution in [-0.2, 0) is 22.6 Å². The van der Waals surface area contributed by atoms with E-state index in [-0.39, 0.29) is 19.1 Å². The quantitative estimate of drug-likeness (QED) is 0.500. The number of hydrogen-bond donors (Lipinski definition) is 1. The van der Waals surface area contributed by atoms with Crippen molar-refractivity contribution in [3.8, 4) is 0 Å². The number of rotatable bonds is 6. The molecule has 0 fully saturated rings. The minimum Gasteiger partial charge on any atom is -0.459 e. The van der Waals surface area contributed by atoms with E-state index in [0.717, 1.165) is 5.56 Å². The molecule has 0 spiro atoms. The molecule has 3 aromatic rings. The van der Waals surface area contributed by atoms with Crippen molar-refractivity contribution in [2.75, 3.05) is 6.54 Å². The van der Waals surface area contributed by atoms with Crippen LogP contribution in [0.4, 0.5) is 0 Å². The van der Waals surface area contributed by atoms with Crippen LogP contribution < -0.4 is 10.9 Å². The highest BCUT2D eigenvalue weighted by molar-refractivity contribution is 7.12. The number of ether oxygens (including phenoxy) is 1. The standard InChI is InChI=1S/C19H16ClNO5S/c1-2-11-6-15-13(8-14(11)20)12(7-17(22)26-15)10-25-18(23)9-21-19(24)16-4-3-5-27-16/h3-8H,2,9-10H2,1H3,(H,21,24). The summed E-state index contributed by atoms with van der Waals surface area (Å²) in [5.74, 6) is -0.954. The number of hydrogen-bond acceptors (Lipinski definition) is 6. The fraction of sp³-hybridized carbons (Fsp3) is 0.211. The van der Waals surface area contributed by atoms with Gasteiger partial charge in [-0.05, 0) is 35.6 Å². The Hall–Kier alpha value is -2.64. The van der Waals surface area contributed by atoms with Gasteiger partial charge in [0.2, 0.25) is 0 Å². The van der Waals surface area contributed by atoms with Gasteiger partial charge >= 0.3 is 11.6 Å². The summed E-state index contributed by atoms with van der Waals surface area (Å²) in [7, 11) is 0. The van der Waals surface area contributed by atoms with E-state index in [1.54, 1.807) is 29.6 Å². The van der Waals surface area contributed by atoms with Crippen molar-refractivity contribution in [1.29, 1.82) is 0 Å². The predicted molar refractivity (Wildman–Crippen MR) is 103 cm³/mol. The van der Waals surface area contributed by atoms with E-state index in [4.69, 9.17) is 20.8 Å². The molecular weight excluding hydrogens is 390 g/mol. The highest BCUT2D eigenvalue weighted by Gasteiger charge is 2.13.